The van der Waals surface area contributed by atoms with Gasteiger partial charge in [0.05, 0.1) is 16.6 Å². The van der Waals surface area contributed by atoms with Crippen molar-refractivity contribution < 1.29 is 9.90 Å². The smallest absolute Gasteiger partial charge is 0.337 e. The van der Waals surface area contributed by atoms with Gasteiger partial charge in [-0.05, 0) is 31.9 Å². The zero-order chi connectivity index (χ0) is 14.2. The number of H-pyrrole nitrogens is 1. The maximum Gasteiger partial charge on any atom is 0.337 e. The third-order valence-electron chi connectivity index (χ3n) is 4.01. The van der Waals surface area contributed by atoms with Crippen LogP contribution in [0, 0.1) is 0 Å². The number of nitrogens with zero attached hydrogens (tertiary/aromatic N) is 1. The molecule has 0 spiro atoms. The van der Waals surface area contributed by atoms with Gasteiger partial charge in [-0.2, -0.15) is 0 Å². The van der Waals surface area contributed by atoms with Crippen molar-refractivity contribution in [3.63, 3.8) is 0 Å². The van der Waals surface area contributed by atoms with Gasteiger partial charge >= 0.3 is 11.7 Å². The Hall–Kier alpha value is -2.04. The van der Waals surface area contributed by atoms with E-state index in [-0.39, 0.29) is 16.8 Å². The first kappa shape index (κ1) is 13.4. The van der Waals surface area contributed by atoms with Gasteiger partial charge in [-0.3, -0.25) is 4.57 Å². The summed E-state index contributed by atoms with van der Waals surface area (Å²) in [5, 5.41) is 9.17. The molecule has 0 aliphatic heterocycles. The highest BCUT2D eigenvalue weighted by Crippen LogP contribution is 2.27. The van der Waals surface area contributed by atoms with Crippen molar-refractivity contribution in [2.75, 3.05) is 0 Å². The van der Waals surface area contributed by atoms with Crippen LogP contribution in [0.15, 0.2) is 23.0 Å². The monoisotopic (exact) mass is 262 g/mol. The van der Waals surface area contributed by atoms with E-state index < -0.39 is 5.97 Å². The predicted molar refractivity (Wildman–Crippen MR) is 73.7 cm³/mol. The fourth-order valence-corrected chi connectivity index (χ4v) is 2.41. The fourth-order valence-electron chi connectivity index (χ4n) is 2.41. The third kappa shape index (κ3) is 1.95. The van der Waals surface area contributed by atoms with Crippen molar-refractivity contribution in [3.05, 3.63) is 34.2 Å². The van der Waals surface area contributed by atoms with E-state index in [4.69, 9.17) is 5.11 Å². The number of carboxylic acids is 1. The lowest BCUT2D eigenvalue weighted by molar-refractivity contribution is 0.0699. The summed E-state index contributed by atoms with van der Waals surface area (Å²) >= 11 is 0. The topological polar surface area (TPSA) is 75.1 Å². The number of aromatic nitrogens is 2. The lowest BCUT2D eigenvalue weighted by atomic mass is 9.95. The summed E-state index contributed by atoms with van der Waals surface area (Å²) in [4.78, 5) is 26.1. The maximum absolute atomic E-state index is 12.2. The number of hydrogen-bond acceptors (Lipinski definition) is 2. The number of nitrogens with one attached hydrogen (secondary N) is 1. The Bertz CT molecular complexity index is 678. The quantitative estimate of drug-likeness (QED) is 0.889. The van der Waals surface area contributed by atoms with E-state index in [0.717, 1.165) is 12.8 Å². The van der Waals surface area contributed by atoms with Crippen LogP contribution in [0.25, 0.3) is 11.0 Å². The molecule has 2 rings (SSSR count). The molecule has 1 heterocycles. The van der Waals surface area contributed by atoms with E-state index in [1.165, 1.54) is 6.07 Å². The van der Waals surface area contributed by atoms with E-state index in [0.29, 0.717) is 11.0 Å². The van der Waals surface area contributed by atoms with Gasteiger partial charge in [0.15, 0.2) is 0 Å². The summed E-state index contributed by atoms with van der Waals surface area (Å²) in [6.45, 7) is 6.06. The van der Waals surface area contributed by atoms with Gasteiger partial charge in [-0.15, -0.1) is 0 Å². The largest absolute Gasteiger partial charge is 0.478 e. The molecule has 0 saturated carbocycles. The Labute approximate surface area is 110 Å². The lowest BCUT2D eigenvalue weighted by Gasteiger charge is -2.28. The molecule has 0 saturated heterocycles. The average Bonchev–Trinajstić information content (AvgIpc) is 2.73. The highest BCUT2D eigenvalue weighted by Gasteiger charge is 2.27. The van der Waals surface area contributed by atoms with Gasteiger partial charge in [0, 0.05) is 5.54 Å². The number of hydrogen-bond donors (Lipinski definition) is 2. The molecule has 0 unspecified atom stereocenters. The molecule has 0 atom stereocenters. The average molecular weight is 262 g/mol. The molecule has 102 valence electrons. The lowest BCUT2D eigenvalue weighted by Crippen LogP contribution is -2.36. The second kappa shape index (κ2) is 4.57. The molecule has 0 fully saturated rings. The highest BCUT2D eigenvalue weighted by molar-refractivity contribution is 6.00. The minimum atomic E-state index is -1.03. The van der Waals surface area contributed by atoms with Crippen molar-refractivity contribution >= 4 is 17.0 Å². The van der Waals surface area contributed by atoms with Gasteiger partial charge in [-0.25, -0.2) is 9.59 Å². The summed E-state index contributed by atoms with van der Waals surface area (Å²) < 4.78 is 1.68. The standard InChI is InChI=1S/C14H18N2O3/c1-4-14(3,5-2)16-10-8-6-7-9(12(17)18)11(10)15-13(16)19/h6-8H,4-5H2,1-3H3,(H,15,19)(H,17,18). The van der Waals surface area contributed by atoms with Crippen molar-refractivity contribution in [2.45, 2.75) is 39.2 Å². The van der Waals surface area contributed by atoms with E-state index in [1.807, 2.05) is 20.8 Å². The first-order chi connectivity index (χ1) is 8.94. The van der Waals surface area contributed by atoms with Crippen LogP contribution in [0.4, 0.5) is 0 Å². The zero-order valence-electron chi connectivity index (χ0n) is 11.4. The summed E-state index contributed by atoms with van der Waals surface area (Å²) in [6.07, 6.45) is 1.60. The first-order valence-corrected chi connectivity index (χ1v) is 6.42. The van der Waals surface area contributed by atoms with Gasteiger partial charge in [0.25, 0.3) is 0 Å². The number of carbonyl (C=O) groups is 1. The van der Waals surface area contributed by atoms with Gasteiger partial charge < -0.3 is 10.1 Å². The molecule has 0 aliphatic carbocycles. The van der Waals surface area contributed by atoms with E-state index in [9.17, 15) is 9.59 Å². The van der Waals surface area contributed by atoms with Crippen molar-refractivity contribution in [1.29, 1.82) is 0 Å². The third-order valence-corrected chi connectivity index (χ3v) is 4.01. The molecule has 5 nitrogen and oxygen atoms in total. The van der Waals surface area contributed by atoms with Crippen LogP contribution in [0.1, 0.15) is 44.0 Å². The Morgan fingerprint density at radius 3 is 2.53 bits per heavy atom. The second-order valence-electron chi connectivity index (χ2n) is 4.97. The molecular formula is C14H18N2O3. The van der Waals surface area contributed by atoms with E-state index in [1.54, 1.807) is 16.7 Å². The number of aromatic amines is 1. The number of benzene rings is 1. The SMILES string of the molecule is CCC(C)(CC)n1c(=O)[nH]c2c(C(=O)O)cccc21. The van der Waals surface area contributed by atoms with Crippen LogP contribution < -0.4 is 5.69 Å². The van der Waals surface area contributed by atoms with Crippen LogP contribution in [-0.2, 0) is 5.54 Å². The molecular weight excluding hydrogens is 244 g/mol. The fraction of sp³-hybridized carbons (Fsp3) is 0.429. The highest BCUT2D eigenvalue weighted by atomic mass is 16.4. The van der Waals surface area contributed by atoms with Gasteiger partial charge in [0.1, 0.15) is 0 Å². The second-order valence-corrected chi connectivity index (χ2v) is 4.97. The molecule has 1 aromatic heterocycles. The van der Waals surface area contributed by atoms with Gasteiger partial charge in [0.2, 0.25) is 0 Å². The number of rotatable bonds is 4. The van der Waals surface area contributed by atoms with Crippen LogP contribution in [0.3, 0.4) is 0 Å². The predicted octanol–water partition coefficient (Wildman–Crippen LogP) is 2.56. The molecule has 0 radical (unpaired) electrons. The number of para-hydroxylation sites is 1. The minimum absolute atomic E-state index is 0.128. The van der Waals surface area contributed by atoms with E-state index >= 15 is 0 Å². The molecule has 2 aromatic rings. The van der Waals surface area contributed by atoms with Crippen molar-refractivity contribution in [3.8, 4) is 0 Å². The summed E-state index contributed by atoms with van der Waals surface area (Å²) in [7, 11) is 0. The zero-order valence-corrected chi connectivity index (χ0v) is 11.4. The number of fused-ring (bicyclic) bond motifs is 1. The van der Waals surface area contributed by atoms with Gasteiger partial charge in [-0.1, -0.05) is 19.9 Å². The van der Waals surface area contributed by atoms with Crippen molar-refractivity contribution in [2.24, 2.45) is 0 Å². The maximum atomic E-state index is 12.2. The molecule has 0 amide bonds. The molecule has 2 N–H and O–H groups in total. The Kier molecular flexibility index (Phi) is 3.22. The minimum Gasteiger partial charge on any atom is -0.478 e. The normalized spacial score (nSPS) is 11.9. The Balaban J connectivity index is 2.85. The summed E-state index contributed by atoms with van der Waals surface area (Å²) in [5.41, 5.74) is 0.606. The number of aromatic carboxylic acids is 1. The molecule has 0 aliphatic rings. The first-order valence-electron chi connectivity index (χ1n) is 6.42. The Morgan fingerprint density at radius 2 is 2.00 bits per heavy atom. The van der Waals surface area contributed by atoms with Crippen LogP contribution in [0.5, 0.6) is 0 Å². The van der Waals surface area contributed by atoms with E-state index in [2.05, 4.69) is 4.98 Å². The van der Waals surface area contributed by atoms with Crippen molar-refractivity contribution in [1.82, 2.24) is 9.55 Å². The molecule has 1 aromatic carbocycles. The Morgan fingerprint density at radius 1 is 1.37 bits per heavy atom. The van der Waals surface area contributed by atoms with Crippen LogP contribution >= 0.6 is 0 Å². The molecule has 0 bridgehead atoms. The number of carboxylic acid groups (broad SMARTS) is 1. The summed E-state index contributed by atoms with van der Waals surface area (Å²) in [5.74, 6) is -1.03. The molecule has 19 heavy (non-hydrogen) atoms. The van der Waals surface area contributed by atoms with Crippen LogP contribution in [-0.4, -0.2) is 20.6 Å². The molecule has 5 heteroatoms. The number of imidazole rings is 1. The van der Waals surface area contributed by atoms with Crippen LogP contribution in [0.2, 0.25) is 0 Å². The summed E-state index contributed by atoms with van der Waals surface area (Å²) in [6, 6.07) is 4.95.